The summed E-state index contributed by atoms with van der Waals surface area (Å²) >= 11 is 0. The van der Waals surface area contributed by atoms with Crippen LogP contribution in [0.25, 0.3) is 5.69 Å². The normalized spacial score (nSPS) is 10.9. The minimum Gasteiger partial charge on any atom is -0.490 e. The highest BCUT2D eigenvalue weighted by Gasteiger charge is 2.21. The third kappa shape index (κ3) is 5.20. The van der Waals surface area contributed by atoms with Crippen molar-refractivity contribution >= 4 is 5.91 Å². The average Bonchev–Trinajstić information content (AvgIpc) is 3.19. The quantitative estimate of drug-likeness (QED) is 0.495. The van der Waals surface area contributed by atoms with E-state index >= 15 is 0 Å². The Morgan fingerprint density at radius 1 is 1.13 bits per heavy atom. The van der Waals surface area contributed by atoms with Crippen molar-refractivity contribution in [1.29, 1.82) is 0 Å². The van der Waals surface area contributed by atoms with E-state index in [1.807, 2.05) is 37.3 Å². The van der Waals surface area contributed by atoms with Gasteiger partial charge >= 0.3 is 6.61 Å². The van der Waals surface area contributed by atoms with E-state index in [0.717, 1.165) is 16.9 Å². The number of alkyl halides is 2. The fourth-order valence-electron chi connectivity index (χ4n) is 3.35. The Morgan fingerprint density at radius 3 is 2.52 bits per heavy atom. The molecule has 0 aliphatic heterocycles. The number of para-hydroxylation sites is 1. The Hall–Kier alpha value is -3.42. The largest absolute Gasteiger partial charge is 0.490 e. The molecule has 0 radical (unpaired) electrons. The first-order valence-electron chi connectivity index (χ1n) is 10.0. The summed E-state index contributed by atoms with van der Waals surface area (Å²) in [6.07, 6.45) is 2.22. The summed E-state index contributed by atoms with van der Waals surface area (Å²) in [5, 5.41) is 4.41. The second-order valence-electron chi connectivity index (χ2n) is 6.86. The first-order valence-corrected chi connectivity index (χ1v) is 10.0. The summed E-state index contributed by atoms with van der Waals surface area (Å²) in [6, 6.07) is 14.3. The van der Waals surface area contributed by atoms with Gasteiger partial charge in [0.25, 0.3) is 5.91 Å². The Labute approximate surface area is 180 Å². The molecule has 6 nitrogen and oxygen atoms in total. The van der Waals surface area contributed by atoms with Gasteiger partial charge in [-0.25, -0.2) is 4.68 Å². The summed E-state index contributed by atoms with van der Waals surface area (Å²) in [5.74, 6) is 0.00387. The number of nitrogens with zero attached hydrogens (tertiary/aromatic N) is 3. The number of hydrogen-bond donors (Lipinski definition) is 0. The maximum absolute atomic E-state index is 13.1. The molecular formula is C23H25F2N3O3. The molecule has 2 aromatic carbocycles. The van der Waals surface area contributed by atoms with Gasteiger partial charge in [-0.3, -0.25) is 4.79 Å². The van der Waals surface area contributed by atoms with Crippen LogP contribution in [0.1, 0.15) is 35.5 Å². The highest BCUT2D eigenvalue weighted by molar-refractivity contribution is 5.95. The van der Waals surface area contributed by atoms with Crippen LogP contribution in [0.3, 0.4) is 0 Å². The molecule has 0 unspecified atom stereocenters. The SMILES string of the molecule is CCOc1cc(CN(C)C(=O)c2cnn(-c3ccccc3)c2CC)ccc1OC(F)F. The van der Waals surface area contributed by atoms with E-state index in [-0.39, 0.29) is 24.0 Å². The maximum Gasteiger partial charge on any atom is 0.387 e. The lowest BCUT2D eigenvalue weighted by molar-refractivity contribution is -0.0514. The predicted octanol–water partition coefficient (Wildman–Crippen LogP) is 4.71. The second-order valence-corrected chi connectivity index (χ2v) is 6.86. The molecule has 8 heteroatoms. The molecule has 1 aromatic heterocycles. The molecule has 1 heterocycles. The summed E-state index contributed by atoms with van der Waals surface area (Å²) in [6.45, 7) is 1.36. The molecule has 0 fully saturated rings. The van der Waals surface area contributed by atoms with Crippen LogP contribution in [-0.4, -0.2) is 40.9 Å². The topological polar surface area (TPSA) is 56.6 Å². The van der Waals surface area contributed by atoms with Crippen molar-refractivity contribution in [2.45, 2.75) is 33.4 Å². The molecule has 0 saturated carbocycles. The lowest BCUT2D eigenvalue weighted by atomic mass is 10.1. The molecule has 0 aliphatic rings. The minimum atomic E-state index is -2.94. The van der Waals surface area contributed by atoms with E-state index in [9.17, 15) is 13.6 Å². The third-order valence-corrected chi connectivity index (χ3v) is 4.73. The van der Waals surface area contributed by atoms with Gasteiger partial charge in [-0.05, 0) is 43.2 Å². The van der Waals surface area contributed by atoms with E-state index < -0.39 is 6.61 Å². The number of aromatic nitrogens is 2. The van der Waals surface area contributed by atoms with Crippen molar-refractivity contribution in [3.05, 3.63) is 71.5 Å². The Kier molecular flexibility index (Phi) is 7.23. The van der Waals surface area contributed by atoms with E-state index in [4.69, 9.17) is 4.74 Å². The van der Waals surface area contributed by atoms with Crippen LogP contribution in [0, 0.1) is 0 Å². The number of ether oxygens (including phenoxy) is 2. The molecule has 0 N–H and O–H groups in total. The third-order valence-electron chi connectivity index (χ3n) is 4.73. The fourth-order valence-corrected chi connectivity index (χ4v) is 3.35. The average molecular weight is 429 g/mol. The highest BCUT2D eigenvalue weighted by Crippen LogP contribution is 2.30. The molecule has 164 valence electrons. The van der Waals surface area contributed by atoms with Gasteiger partial charge in [0, 0.05) is 13.6 Å². The zero-order valence-corrected chi connectivity index (χ0v) is 17.7. The van der Waals surface area contributed by atoms with Crippen LogP contribution >= 0.6 is 0 Å². The molecule has 0 saturated heterocycles. The van der Waals surface area contributed by atoms with E-state index in [1.54, 1.807) is 41.9 Å². The van der Waals surface area contributed by atoms with Gasteiger partial charge in [-0.2, -0.15) is 13.9 Å². The van der Waals surface area contributed by atoms with Crippen molar-refractivity contribution < 1.29 is 23.0 Å². The van der Waals surface area contributed by atoms with E-state index in [2.05, 4.69) is 9.84 Å². The molecule has 0 atom stereocenters. The van der Waals surface area contributed by atoms with Gasteiger partial charge in [0.2, 0.25) is 0 Å². The number of carbonyl (C=O) groups is 1. The minimum absolute atomic E-state index is 0.0352. The lowest BCUT2D eigenvalue weighted by Gasteiger charge is -2.19. The summed E-state index contributed by atoms with van der Waals surface area (Å²) < 4.78 is 36.9. The molecule has 0 bridgehead atoms. The highest BCUT2D eigenvalue weighted by atomic mass is 19.3. The maximum atomic E-state index is 13.1. The summed E-state index contributed by atoms with van der Waals surface area (Å²) in [4.78, 5) is 14.7. The van der Waals surface area contributed by atoms with Crippen molar-refractivity contribution in [3.63, 3.8) is 0 Å². The predicted molar refractivity (Wildman–Crippen MR) is 113 cm³/mol. The summed E-state index contributed by atoms with van der Waals surface area (Å²) in [7, 11) is 1.69. The van der Waals surface area contributed by atoms with Crippen LogP contribution < -0.4 is 9.47 Å². The van der Waals surface area contributed by atoms with Gasteiger partial charge in [0.05, 0.1) is 29.7 Å². The van der Waals surface area contributed by atoms with Gasteiger partial charge in [0.15, 0.2) is 11.5 Å². The summed E-state index contributed by atoms with van der Waals surface area (Å²) in [5.41, 5.74) is 2.96. The van der Waals surface area contributed by atoms with Gasteiger partial charge in [-0.1, -0.05) is 31.2 Å². The molecule has 0 aliphatic carbocycles. The zero-order valence-electron chi connectivity index (χ0n) is 17.7. The number of benzene rings is 2. The van der Waals surface area contributed by atoms with Crippen molar-refractivity contribution in [2.24, 2.45) is 0 Å². The second kappa shape index (κ2) is 10.1. The number of carbonyl (C=O) groups excluding carboxylic acids is 1. The first-order chi connectivity index (χ1) is 14.9. The van der Waals surface area contributed by atoms with Crippen LogP contribution in [-0.2, 0) is 13.0 Å². The van der Waals surface area contributed by atoms with Crippen LogP contribution in [0.4, 0.5) is 8.78 Å². The van der Waals surface area contributed by atoms with Crippen molar-refractivity contribution in [1.82, 2.24) is 14.7 Å². The first kappa shape index (κ1) is 22.3. The lowest BCUT2D eigenvalue weighted by Crippen LogP contribution is -2.27. The smallest absolute Gasteiger partial charge is 0.387 e. The number of amides is 1. The number of halogens is 2. The van der Waals surface area contributed by atoms with Gasteiger partial charge in [-0.15, -0.1) is 0 Å². The van der Waals surface area contributed by atoms with Gasteiger partial charge in [0.1, 0.15) is 0 Å². The zero-order chi connectivity index (χ0) is 22.4. The van der Waals surface area contributed by atoms with Crippen molar-refractivity contribution in [3.8, 4) is 17.2 Å². The molecule has 3 rings (SSSR count). The Balaban J connectivity index is 1.81. The number of rotatable bonds is 9. The monoisotopic (exact) mass is 429 g/mol. The molecule has 3 aromatic rings. The van der Waals surface area contributed by atoms with E-state index in [1.165, 1.54) is 6.07 Å². The van der Waals surface area contributed by atoms with Crippen LogP contribution in [0.5, 0.6) is 11.5 Å². The molecule has 31 heavy (non-hydrogen) atoms. The van der Waals surface area contributed by atoms with Crippen molar-refractivity contribution in [2.75, 3.05) is 13.7 Å². The molecule has 0 spiro atoms. The molecular weight excluding hydrogens is 404 g/mol. The Bertz CT molecular complexity index is 1020. The van der Waals surface area contributed by atoms with Crippen LogP contribution in [0.2, 0.25) is 0 Å². The van der Waals surface area contributed by atoms with Crippen LogP contribution in [0.15, 0.2) is 54.7 Å². The van der Waals surface area contributed by atoms with E-state index in [0.29, 0.717) is 18.6 Å². The standard InChI is InChI=1S/C23H25F2N3O3/c1-4-19-18(14-26-28(19)17-9-7-6-8-10-17)22(29)27(3)15-16-11-12-20(31-23(24)25)21(13-16)30-5-2/h6-14,23H,4-5,15H2,1-3H3. The Morgan fingerprint density at radius 2 is 1.87 bits per heavy atom. The van der Waals surface area contributed by atoms with Gasteiger partial charge < -0.3 is 14.4 Å². The fraction of sp³-hybridized carbons (Fsp3) is 0.304. The molecule has 1 amide bonds. The number of hydrogen-bond acceptors (Lipinski definition) is 4.